The Hall–Kier alpha value is -2.06. The van der Waals surface area contributed by atoms with Gasteiger partial charge in [-0.2, -0.15) is 5.26 Å². The molecule has 0 bridgehead atoms. The van der Waals surface area contributed by atoms with Crippen LogP contribution in [0.5, 0.6) is 0 Å². The van der Waals surface area contributed by atoms with Crippen LogP contribution in [0.2, 0.25) is 0 Å². The number of hydrogen-bond acceptors (Lipinski definition) is 3. The van der Waals surface area contributed by atoms with Gasteiger partial charge in [0.25, 0.3) is 0 Å². The van der Waals surface area contributed by atoms with Gasteiger partial charge < -0.3 is 16.4 Å². The van der Waals surface area contributed by atoms with E-state index >= 15 is 0 Å². The molecule has 0 heterocycles. The van der Waals surface area contributed by atoms with Crippen LogP contribution >= 0.6 is 0 Å². The molecule has 0 aromatic heterocycles. The fourth-order valence-electron chi connectivity index (χ4n) is 1.15. The van der Waals surface area contributed by atoms with E-state index in [9.17, 15) is 4.79 Å². The monoisotopic (exact) mass is 232 g/mol. The van der Waals surface area contributed by atoms with Crippen molar-refractivity contribution in [1.82, 2.24) is 5.32 Å². The van der Waals surface area contributed by atoms with E-state index in [1.165, 1.54) is 0 Å². The van der Waals surface area contributed by atoms with Crippen molar-refractivity contribution in [3.8, 4) is 6.07 Å². The smallest absolute Gasteiger partial charge is 0.319 e. The lowest BCUT2D eigenvalue weighted by molar-refractivity contribution is 0.242. The number of amides is 2. The predicted octanol–water partition coefficient (Wildman–Crippen LogP) is 1.42. The Morgan fingerprint density at radius 3 is 2.47 bits per heavy atom. The van der Waals surface area contributed by atoms with E-state index in [0.29, 0.717) is 17.8 Å². The normalized spacial score (nSPS) is 10.5. The van der Waals surface area contributed by atoms with E-state index in [0.717, 1.165) is 0 Å². The van der Waals surface area contributed by atoms with E-state index in [1.807, 2.05) is 19.9 Å². The molecule has 90 valence electrons. The number of nitrogens with one attached hydrogen (secondary N) is 2. The minimum Gasteiger partial charge on any atom is -0.332 e. The highest BCUT2D eigenvalue weighted by atomic mass is 16.2. The summed E-state index contributed by atoms with van der Waals surface area (Å²) in [5.41, 5.74) is 6.25. The fraction of sp³-hybridized carbons (Fsp3) is 0.333. The van der Waals surface area contributed by atoms with E-state index in [-0.39, 0.29) is 6.03 Å². The SMILES string of the molecule is CC(C)(CN)NC(=O)Nc1ccc(C#N)cc1. The maximum Gasteiger partial charge on any atom is 0.319 e. The lowest BCUT2D eigenvalue weighted by atomic mass is 10.1. The van der Waals surface area contributed by atoms with Crippen LogP contribution in [0.4, 0.5) is 10.5 Å². The average molecular weight is 232 g/mol. The van der Waals surface area contributed by atoms with Crippen molar-refractivity contribution in [2.24, 2.45) is 5.73 Å². The zero-order chi connectivity index (χ0) is 12.9. The average Bonchev–Trinajstić information content (AvgIpc) is 2.29. The van der Waals surface area contributed by atoms with E-state index in [4.69, 9.17) is 11.0 Å². The van der Waals surface area contributed by atoms with Crippen LogP contribution in [-0.2, 0) is 0 Å². The molecule has 0 aliphatic rings. The second kappa shape index (κ2) is 5.32. The van der Waals surface area contributed by atoms with Crippen molar-refractivity contribution >= 4 is 11.7 Å². The molecule has 4 N–H and O–H groups in total. The van der Waals surface area contributed by atoms with Gasteiger partial charge in [-0.25, -0.2) is 4.79 Å². The van der Waals surface area contributed by atoms with Crippen molar-refractivity contribution in [1.29, 1.82) is 5.26 Å². The summed E-state index contributed by atoms with van der Waals surface area (Å²) in [5.74, 6) is 0. The van der Waals surface area contributed by atoms with Gasteiger partial charge in [-0.3, -0.25) is 0 Å². The maximum absolute atomic E-state index is 11.6. The van der Waals surface area contributed by atoms with Gasteiger partial charge in [-0.1, -0.05) is 0 Å². The molecule has 5 heteroatoms. The van der Waals surface area contributed by atoms with Gasteiger partial charge >= 0.3 is 6.03 Å². The summed E-state index contributed by atoms with van der Waals surface area (Å²) in [6.07, 6.45) is 0. The Morgan fingerprint density at radius 1 is 1.41 bits per heavy atom. The predicted molar refractivity (Wildman–Crippen MR) is 66.4 cm³/mol. The molecule has 0 unspecified atom stereocenters. The summed E-state index contributed by atoms with van der Waals surface area (Å²) < 4.78 is 0. The van der Waals surface area contributed by atoms with Crippen molar-refractivity contribution < 1.29 is 4.79 Å². The summed E-state index contributed by atoms with van der Waals surface area (Å²) in [5, 5.41) is 14.0. The van der Waals surface area contributed by atoms with E-state index in [1.54, 1.807) is 24.3 Å². The molecule has 0 aliphatic carbocycles. The quantitative estimate of drug-likeness (QED) is 0.736. The van der Waals surface area contributed by atoms with E-state index < -0.39 is 5.54 Å². The summed E-state index contributed by atoms with van der Waals surface area (Å²) in [6.45, 7) is 4.03. The molecule has 1 aromatic rings. The first-order valence-electron chi connectivity index (χ1n) is 5.26. The highest BCUT2D eigenvalue weighted by Crippen LogP contribution is 2.09. The molecule has 0 atom stereocenters. The molecular formula is C12H16N4O. The van der Waals surface area contributed by atoms with Crippen LogP contribution in [-0.4, -0.2) is 18.1 Å². The third-order valence-electron chi connectivity index (χ3n) is 2.23. The van der Waals surface area contributed by atoms with Gasteiger partial charge in [0.15, 0.2) is 0 Å². The van der Waals surface area contributed by atoms with Crippen LogP contribution in [0.1, 0.15) is 19.4 Å². The van der Waals surface area contributed by atoms with Gasteiger partial charge in [0.2, 0.25) is 0 Å². The van der Waals surface area contributed by atoms with Crippen LogP contribution < -0.4 is 16.4 Å². The van der Waals surface area contributed by atoms with Gasteiger partial charge in [-0.15, -0.1) is 0 Å². The van der Waals surface area contributed by atoms with Gasteiger partial charge in [0.05, 0.1) is 11.6 Å². The van der Waals surface area contributed by atoms with E-state index in [2.05, 4.69) is 10.6 Å². The van der Waals surface area contributed by atoms with Crippen molar-refractivity contribution in [3.05, 3.63) is 29.8 Å². The Bertz CT molecular complexity index is 431. The number of carbonyl (C=O) groups excluding carboxylic acids is 1. The number of urea groups is 1. The molecule has 0 saturated heterocycles. The zero-order valence-corrected chi connectivity index (χ0v) is 9.95. The Labute approximate surface area is 101 Å². The number of nitrogens with two attached hydrogens (primary N) is 1. The molecule has 0 saturated carbocycles. The largest absolute Gasteiger partial charge is 0.332 e. The standard InChI is InChI=1S/C12H16N4O/c1-12(2,8-14)16-11(17)15-10-5-3-9(7-13)4-6-10/h3-6H,8,14H2,1-2H3,(H2,15,16,17). The van der Waals surface area contributed by atoms with Gasteiger partial charge in [-0.05, 0) is 38.1 Å². The number of nitriles is 1. The molecule has 5 nitrogen and oxygen atoms in total. The molecule has 0 fully saturated rings. The topological polar surface area (TPSA) is 90.9 Å². The highest BCUT2D eigenvalue weighted by molar-refractivity contribution is 5.89. The minimum atomic E-state index is -0.448. The summed E-state index contributed by atoms with van der Waals surface area (Å²) in [7, 11) is 0. The zero-order valence-electron chi connectivity index (χ0n) is 9.95. The third-order valence-corrected chi connectivity index (χ3v) is 2.23. The van der Waals surface area contributed by atoms with Crippen LogP contribution in [0.25, 0.3) is 0 Å². The number of carbonyl (C=O) groups is 1. The Kier molecular flexibility index (Phi) is 4.07. The van der Waals surface area contributed by atoms with Gasteiger partial charge in [0, 0.05) is 17.8 Å². The van der Waals surface area contributed by atoms with Crippen molar-refractivity contribution in [3.63, 3.8) is 0 Å². The molecule has 1 rings (SSSR count). The molecular weight excluding hydrogens is 216 g/mol. The molecule has 0 spiro atoms. The maximum atomic E-state index is 11.6. The van der Waals surface area contributed by atoms with Crippen molar-refractivity contribution in [2.75, 3.05) is 11.9 Å². The van der Waals surface area contributed by atoms with Crippen molar-refractivity contribution in [2.45, 2.75) is 19.4 Å². The molecule has 17 heavy (non-hydrogen) atoms. The lowest BCUT2D eigenvalue weighted by Crippen LogP contribution is -2.50. The van der Waals surface area contributed by atoms with Crippen LogP contribution in [0.3, 0.4) is 0 Å². The molecule has 0 aliphatic heterocycles. The third kappa shape index (κ3) is 4.13. The van der Waals surface area contributed by atoms with Crippen LogP contribution in [0, 0.1) is 11.3 Å². The minimum absolute atomic E-state index is 0.315. The summed E-state index contributed by atoms with van der Waals surface area (Å²) in [6, 6.07) is 8.33. The highest BCUT2D eigenvalue weighted by Gasteiger charge is 2.17. The number of benzene rings is 1. The number of rotatable bonds is 3. The molecule has 1 aromatic carbocycles. The van der Waals surface area contributed by atoms with Crippen LogP contribution in [0.15, 0.2) is 24.3 Å². The first-order chi connectivity index (χ1) is 7.96. The second-order valence-electron chi connectivity index (χ2n) is 4.36. The number of hydrogen-bond donors (Lipinski definition) is 3. The number of nitrogens with zero attached hydrogens (tertiary/aromatic N) is 1. The first kappa shape index (κ1) is 13.0. The van der Waals surface area contributed by atoms with Gasteiger partial charge in [0.1, 0.15) is 0 Å². The fourth-order valence-corrected chi connectivity index (χ4v) is 1.15. The summed E-state index contributed by atoms with van der Waals surface area (Å²) >= 11 is 0. The first-order valence-corrected chi connectivity index (χ1v) is 5.26. The lowest BCUT2D eigenvalue weighted by Gasteiger charge is -2.24. The Morgan fingerprint density at radius 2 is 2.00 bits per heavy atom. The Balaban J connectivity index is 2.60. The summed E-state index contributed by atoms with van der Waals surface area (Å²) in [4.78, 5) is 11.6. The second-order valence-corrected chi connectivity index (χ2v) is 4.36. The number of anilines is 1. The molecule has 0 radical (unpaired) electrons. The molecule has 2 amide bonds.